The summed E-state index contributed by atoms with van der Waals surface area (Å²) in [7, 11) is 1.96. The Morgan fingerprint density at radius 1 is 1.12 bits per heavy atom. The number of aromatic nitrogens is 1. The van der Waals surface area contributed by atoms with E-state index < -0.39 is 0 Å². The predicted octanol–water partition coefficient (Wildman–Crippen LogP) is 4.99. The van der Waals surface area contributed by atoms with Crippen LogP contribution >= 0.6 is 0 Å². The fourth-order valence-electron chi connectivity index (χ4n) is 4.18. The molecule has 26 heavy (non-hydrogen) atoms. The molecule has 3 aromatic rings. The largest absolute Gasteiger partial charge is 0.339 e. The molecule has 2 heterocycles. The quantitative estimate of drug-likeness (QED) is 0.639. The minimum absolute atomic E-state index is 0.0101. The maximum absolute atomic E-state index is 13.4. The highest BCUT2D eigenvalue weighted by molar-refractivity contribution is 5.99. The number of amides is 1. The molecule has 0 aliphatic carbocycles. The minimum atomic E-state index is -0.244. The normalized spacial score (nSPS) is 17.7. The molecule has 3 nitrogen and oxygen atoms in total. The Morgan fingerprint density at radius 3 is 2.62 bits per heavy atom. The second-order valence-corrected chi connectivity index (χ2v) is 7.16. The van der Waals surface area contributed by atoms with Gasteiger partial charge in [0, 0.05) is 19.0 Å². The predicted molar refractivity (Wildman–Crippen MR) is 102 cm³/mol. The van der Waals surface area contributed by atoms with Gasteiger partial charge in [0.15, 0.2) is 0 Å². The first-order valence-electron chi connectivity index (χ1n) is 9.18. The average Bonchev–Trinajstić information content (AvgIpc) is 3.00. The monoisotopic (exact) mass is 350 g/mol. The maximum Gasteiger partial charge on any atom is 0.271 e. The average molecular weight is 350 g/mol. The van der Waals surface area contributed by atoms with E-state index in [1.807, 2.05) is 34.7 Å². The number of likely N-dealkylation sites (tertiary alicyclic amines) is 1. The van der Waals surface area contributed by atoms with Crippen LogP contribution in [-0.4, -0.2) is 21.9 Å². The molecule has 0 radical (unpaired) electrons. The lowest BCUT2D eigenvalue weighted by molar-refractivity contribution is 0.0602. The zero-order valence-corrected chi connectivity index (χ0v) is 15.2. The molecule has 1 aliphatic rings. The van der Waals surface area contributed by atoms with E-state index in [9.17, 15) is 9.18 Å². The molecule has 1 saturated heterocycles. The van der Waals surface area contributed by atoms with Crippen molar-refractivity contribution in [1.82, 2.24) is 9.47 Å². The molecule has 4 heteroatoms. The lowest BCUT2D eigenvalue weighted by atomic mass is 9.95. The van der Waals surface area contributed by atoms with Gasteiger partial charge in [-0.2, -0.15) is 0 Å². The molecule has 2 aromatic carbocycles. The van der Waals surface area contributed by atoms with Crippen molar-refractivity contribution in [3.8, 4) is 0 Å². The summed E-state index contributed by atoms with van der Waals surface area (Å²) in [5, 5.41) is 1.09. The number of hydrogen-bond acceptors (Lipinski definition) is 1. The molecule has 1 fully saturated rings. The zero-order valence-electron chi connectivity index (χ0n) is 15.2. The number of rotatable bonds is 2. The number of piperidine rings is 1. The van der Waals surface area contributed by atoms with Crippen molar-refractivity contribution in [1.29, 1.82) is 0 Å². The van der Waals surface area contributed by atoms with Gasteiger partial charge in [-0.3, -0.25) is 4.79 Å². The summed E-state index contributed by atoms with van der Waals surface area (Å²) in [6.45, 7) is 2.81. The molecule has 0 bridgehead atoms. The van der Waals surface area contributed by atoms with Crippen LogP contribution in [-0.2, 0) is 7.05 Å². The molecule has 1 aliphatic heterocycles. The Labute approximate surface area is 153 Å². The van der Waals surface area contributed by atoms with E-state index in [0.717, 1.165) is 47.8 Å². The number of carbonyl (C=O) groups is 1. The summed E-state index contributed by atoms with van der Waals surface area (Å²) in [5.41, 5.74) is 3.99. The lowest BCUT2D eigenvalue weighted by Crippen LogP contribution is -2.39. The van der Waals surface area contributed by atoms with Gasteiger partial charge in [-0.05, 0) is 55.5 Å². The van der Waals surface area contributed by atoms with Gasteiger partial charge in [0.05, 0.1) is 11.6 Å². The summed E-state index contributed by atoms with van der Waals surface area (Å²) in [4.78, 5) is 15.3. The Kier molecular flexibility index (Phi) is 4.27. The highest BCUT2D eigenvalue weighted by atomic mass is 19.1. The van der Waals surface area contributed by atoms with Crippen molar-refractivity contribution >= 4 is 16.8 Å². The fourth-order valence-corrected chi connectivity index (χ4v) is 4.18. The number of hydrogen-bond donors (Lipinski definition) is 0. The van der Waals surface area contributed by atoms with Gasteiger partial charge in [0.25, 0.3) is 5.91 Å². The van der Waals surface area contributed by atoms with Crippen molar-refractivity contribution in [3.05, 3.63) is 71.2 Å². The maximum atomic E-state index is 13.4. The van der Waals surface area contributed by atoms with Crippen LogP contribution in [0.15, 0.2) is 48.5 Å². The van der Waals surface area contributed by atoms with Gasteiger partial charge in [-0.1, -0.05) is 30.3 Å². The molecule has 0 saturated carbocycles. The first-order chi connectivity index (χ1) is 12.6. The van der Waals surface area contributed by atoms with E-state index in [-0.39, 0.29) is 17.8 Å². The van der Waals surface area contributed by atoms with Crippen LogP contribution in [0.1, 0.15) is 46.9 Å². The highest BCUT2D eigenvalue weighted by Gasteiger charge is 2.30. The number of benzene rings is 2. The van der Waals surface area contributed by atoms with Crippen molar-refractivity contribution in [2.45, 2.75) is 32.2 Å². The smallest absolute Gasteiger partial charge is 0.271 e. The van der Waals surface area contributed by atoms with Crippen molar-refractivity contribution in [2.75, 3.05) is 6.54 Å². The summed E-state index contributed by atoms with van der Waals surface area (Å²) >= 11 is 0. The first-order valence-corrected chi connectivity index (χ1v) is 9.18. The summed E-state index contributed by atoms with van der Waals surface area (Å²) in [5.74, 6) is -0.191. The minimum Gasteiger partial charge on any atom is -0.339 e. The topological polar surface area (TPSA) is 25.2 Å². The molecule has 134 valence electrons. The van der Waals surface area contributed by atoms with Crippen LogP contribution in [0.2, 0.25) is 0 Å². The molecule has 4 rings (SSSR count). The van der Waals surface area contributed by atoms with Crippen molar-refractivity contribution in [2.24, 2.45) is 7.05 Å². The lowest BCUT2D eigenvalue weighted by Gasteiger charge is -2.36. The Morgan fingerprint density at radius 2 is 1.88 bits per heavy atom. The Hall–Kier alpha value is -2.62. The molecule has 0 unspecified atom stereocenters. The van der Waals surface area contributed by atoms with Gasteiger partial charge in [-0.15, -0.1) is 0 Å². The second-order valence-electron chi connectivity index (χ2n) is 7.16. The van der Waals surface area contributed by atoms with E-state index in [2.05, 4.69) is 13.0 Å². The summed E-state index contributed by atoms with van der Waals surface area (Å²) in [6, 6.07) is 14.7. The number of carbonyl (C=O) groups excluding carboxylic acids is 1. The van der Waals surface area contributed by atoms with Crippen LogP contribution in [0, 0.1) is 12.7 Å². The molecule has 1 amide bonds. The number of aryl methyl sites for hydroxylation is 2. The van der Waals surface area contributed by atoms with Gasteiger partial charge < -0.3 is 9.47 Å². The number of fused-ring (bicyclic) bond motifs is 1. The van der Waals surface area contributed by atoms with E-state index in [4.69, 9.17) is 0 Å². The summed E-state index contributed by atoms with van der Waals surface area (Å²) in [6.07, 6.45) is 3.01. The number of para-hydroxylation sites is 1. The third-order valence-corrected chi connectivity index (χ3v) is 5.50. The van der Waals surface area contributed by atoms with E-state index >= 15 is 0 Å². The van der Waals surface area contributed by atoms with Crippen molar-refractivity contribution in [3.63, 3.8) is 0 Å². The van der Waals surface area contributed by atoms with E-state index in [0.29, 0.717) is 5.69 Å². The second kappa shape index (κ2) is 6.60. The van der Waals surface area contributed by atoms with Gasteiger partial charge >= 0.3 is 0 Å². The Balaban J connectivity index is 1.73. The molecule has 1 aromatic heterocycles. The van der Waals surface area contributed by atoms with Crippen LogP contribution in [0.3, 0.4) is 0 Å². The van der Waals surface area contributed by atoms with E-state index in [1.54, 1.807) is 12.1 Å². The van der Waals surface area contributed by atoms with Gasteiger partial charge in [-0.25, -0.2) is 4.39 Å². The molecule has 1 atom stereocenters. The zero-order chi connectivity index (χ0) is 18.3. The van der Waals surface area contributed by atoms with Gasteiger partial charge in [0.2, 0.25) is 0 Å². The third kappa shape index (κ3) is 2.79. The molecular weight excluding hydrogens is 327 g/mol. The first kappa shape index (κ1) is 16.8. The van der Waals surface area contributed by atoms with Gasteiger partial charge in [0.1, 0.15) is 11.5 Å². The van der Waals surface area contributed by atoms with Crippen LogP contribution in [0.25, 0.3) is 10.9 Å². The van der Waals surface area contributed by atoms with Crippen LogP contribution in [0.4, 0.5) is 4.39 Å². The van der Waals surface area contributed by atoms with Crippen LogP contribution in [0.5, 0.6) is 0 Å². The van der Waals surface area contributed by atoms with Crippen molar-refractivity contribution < 1.29 is 9.18 Å². The van der Waals surface area contributed by atoms with E-state index in [1.165, 1.54) is 12.1 Å². The highest BCUT2D eigenvalue weighted by Crippen LogP contribution is 2.33. The fraction of sp³-hybridized carbons (Fsp3) is 0.318. The number of halogens is 1. The Bertz CT molecular complexity index is 958. The van der Waals surface area contributed by atoms with Crippen LogP contribution < -0.4 is 0 Å². The summed E-state index contributed by atoms with van der Waals surface area (Å²) < 4.78 is 15.3. The SMILES string of the molecule is Cc1cccc2cc(C(=O)N3CCCC[C@@H]3c3ccc(F)cc3)n(C)c12. The standard InChI is InChI=1S/C22H23FN2O/c1-15-6-5-7-17-14-20(24(2)21(15)17)22(26)25-13-4-3-8-19(25)16-9-11-18(23)12-10-16/h5-7,9-12,14,19H,3-4,8,13H2,1-2H3/t19-/m1/s1. The molecule has 0 spiro atoms. The third-order valence-electron chi connectivity index (χ3n) is 5.50. The number of nitrogens with zero attached hydrogens (tertiary/aromatic N) is 2. The molecular formula is C22H23FN2O. The molecule has 0 N–H and O–H groups in total.